The molecule has 0 bridgehead atoms. The molecular formula is C39H39N7O22S7. The average molecular weight is 1180 g/mol. The lowest BCUT2D eigenvalue weighted by atomic mass is 10.1. The Balaban J connectivity index is 0.000000542. The van der Waals surface area contributed by atoms with E-state index >= 15 is 0 Å². The summed E-state index contributed by atoms with van der Waals surface area (Å²) in [6, 6.07) is 20.8. The van der Waals surface area contributed by atoms with Crippen LogP contribution < -0.4 is 16.2 Å². The van der Waals surface area contributed by atoms with Crippen molar-refractivity contribution in [2.24, 2.45) is 20.5 Å². The Hall–Kier alpha value is -7.52. The summed E-state index contributed by atoms with van der Waals surface area (Å²) >= 11 is 1.28. The lowest BCUT2D eigenvalue weighted by Gasteiger charge is -2.11. The van der Waals surface area contributed by atoms with Crippen LogP contribution in [0.2, 0.25) is 0 Å². The first-order chi connectivity index (χ1) is 34.3. The SMILES string of the molecule is C.Cc1cc(N=Nc2ccc3c(S(=O)(=O)O)c(N)ccc3c2O)c(OCCCS(=O)(=O)O)cc1N=Nc1nc2ccc(CO)cc2s1.Nc1ccc2c(O)cccc2c1S(=O)(=O)O.O=S(=O)=O.O=S(=O)=O.O=S(=O)=O. The molecule has 0 spiro atoms. The summed E-state index contributed by atoms with van der Waals surface area (Å²) in [5, 5.41) is 47.5. The van der Waals surface area contributed by atoms with Crippen molar-refractivity contribution in [1.82, 2.24) is 4.98 Å². The topological polar surface area (TPSA) is 501 Å². The lowest BCUT2D eigenvalue weighted by molar-refractivity contribution is 0.282. The second-order valence-electron chi connectivity index (χ2n) is 13.9. The van der Waals surface area contributed by atoms with Crippen molar-refractivity contribution >= 4 is 139 Å². The third-order valence-corrected chi connectivity index (χ3v) is 12.5. The number of nitrogen functional groups attached to an aromatic ring is 2. The highest BCUT2D eigenvalue weighted by Gasteiger charge is 2.21. The second-order valence-corrected chi connectivity index (χ2v) is 20.4. The molecule has 0 aliphatic rings. The van der Waals surface area contributed by atoms with E-state index < -0.39 is 78.6 Å². The molecule has 0 fully saturated rings. The fourth-order valence-corrected chi connectivity index (χ4v) is 9.02. The van der Waals surface area contributed by atoms with Crippen LogP contribution >= 0.6 is 11.3 Å². The van der Waals surface area contributed by atoms with Crippen LogP contribution in [0.15, 0.2) is 115 Å². The summed E-state index contributed by atoms with van der Waals surface area (Å²) in [7, 11) is -22.7. The molecule has 1 heterocycles. The van der Waals surface area contributed by atoms with E-state index in [1.807, 2.05) is 6.07 Å². The number of fused-ring (bicyclic) bond motifs is 3. The number of azo groups is 2. The van der Waals surface area contributed by atoms with Crippen LogP contribution in [0.25, 0.3) is 31.8 Å². The first kappa shape index (κ1) is 63.6. The van der Waals surface area contributed by atoms with Gasteiger partial charge in [0.15, 0.2) is 5.75 Å². The van der Waals surface area contributed by atoms with E-state index in [4.69, 9.17) is 63.2 Å². The fourth-order valence-electron chi connectivity index (χ4n) is 6.04. The number of hydrogen-bond acceptors (Lipinski definition) is 27. The number of aliphatic hydroxyl groups excluding tert-OH is 1. The van der Waals surface area contributed by atoms with Gasteiger partial charge in [-0.2, -0.15) is 25.3 Å². The highest BCUT2D eigenvalue weighted by atomic mass is 32.2. The quantitative estimate of drug-likeness (QED) is 0.0334. The predicted octanol–water partition coefficient (Wildman–Crippen LogP) is 5.27. The maximum atomic E-state index is 11.9. The van der Waals surface area contributed by atoms with Crippen molar-refractivity contribution in [1.29, 1.82) is 0 Å². The number of phenols is 2. The number of aryl methyl sites for hydroxylation is 1. The van der Waals surface area contributed by atoms with Crippen LogP contribution in [0, 0.1) is 6.92 Å². The summed E-state index contributed by atoms with van der Waals surface area (Å²) in [6.07, 6.45) is -0.0353. The number of ether oxygens (including phenoxy) is 1. The van der Waals surface area contributed by atoms with Gasteiger partial charge in [-0.15, -0.1) is 58.3 Å². The summed E-state index contributed by atoms with van der Waals surface area (Å²) < 4.78 is 179. The van der Waals surface area contributed by atoms with Crippen LogP contribution in [-0.2, 0) is 68.8 Å². The number of aromatic nitrogens is 1. The molecule has 0 atom stereocenters. The van der Waals surface area contributed by atoms with Crippen molar-refractivity contribution < 1.29 is 96.8 Å². The van der Waals surface area contributed by atoms with Crippen LogP contribution in [0.3, 0.4) is 0 Å². The number of phenolic OH excluding ortho intramolecular Hbond substituents is 2. The highest BCUT2D eigenvalue weighted by Crippen LogP contribution is 2.42. The molecule has 0 saturated heterocycles. The lowest BCUT2D eigenvalue weighted by Crippen LogP contribution is -2.08. The smallest absolute Gasteiger partial charge is 0.425 e. The zero-order valence-corrected chi connectivity index (χ0v) is 42.6. The van der Waals surface area contributed by atoms with Crippen LogP contribution in [0.5, 0.6) is 17.2 Å². The number of rotatable bonds is 12. The van der Waals surface area contributed by atoms with Gasteiger partial charge in [-0.25, -0.2) is 4.98 Å². The summed E-state index contributed by atoms with van der Waals surface area (Å²) in [4.78, 5) is 3.50. The Bertz CT molecular complexity index is 3940. The molecule has 36 heteroatoms. The molecule has 404 valence electrons. The van der Waals surface area contributed by atoms with Gasteiger partial charge in [0.1, 0.15) is 32.7 Å². The third kappa shape index (κ3) is 19.7. The Morgan fingerprint density at radius 2 is 1.13 bits per heavy atom. The Labute approximate surface area is 433 Å². The van der Waals surface area contributed by atoms with Gasteiger partial charge in [-0.1, -0.05) is 43.0 Å². The Morgan fingerprint density at radius 3 is 1.67 bits per heavy atom. The number of nitrogens with zero attached hydrogens (tertiary/aromatic N) is 5. The molecule has 10 N–H and O–H groups in total. The molecule has 0 aliphatic carbocycles. The first-order valence-corrected chi connectivity index (χ1v) is 27.5. The summed E-state index contributed by atoms with van der Waals surface area (Å²) in [5.74, 6) is -0.885. The molecule has 75 heavy (non-hydrogen) atoms. The minimum atomic E-state index is -4.70. The molecule has 0 radical (unpaired) electrons. The Kier molecular flexibility index (Phi) is 23.5. The maximum Gasteiger partial charge on any atom is 0.425 e. The average Bonchev–Trinajstić information content (AvgIpc) is 3.68. The minimum Gasteiger partial charge on any atom is -0.507 e. The van der Waals surface area contributed by atoms with Gasteiger partial charge < -0.3 is 31.5 Å². The van der Waals surface area contributed by atoms with Crippen molar-refractivity contribution in [3.05, 3.63) is 96.1 Å². The standard InChI is InChI=1S/C28H26N6O9S3.C10H9NO4S.CH4.3O3S/c1-15-11-23(33-31-21-8-5-18-17(26(21)36)4-6-19(29)27(18)46(40,41)42)24(43-9-2-10-45(37,38)39)13-22(15)32-34-28-30-20-7-3-16(14-35)12-25(20)44-28;11-8-5-4-6-7(2-1-3-9(6)12)10(8)16(13,14)15;;3*1-4(2)3/h3-8,11-13,35-36H,2,9-10,14,29H2,1H3,(H,37,38,39)(H,40,41,42);1-5,12H,11H2,(H,13,14,15);1H4;;;. The third-order valence-electron chi connectivity index (χ3n) is 8.88. The van der Waals surface area contributed by atoms with Crippen molar-refractivity contribution in [2.45, 2.75) is 37.2 Å². The van der Waals surface area contributed by atoms with E-state index in [1.165, 1.54) is 72.0 Å². The van der Waals surface area contributed by atoms with Gasteiger partial charge in [0.25, 0.3) is 30.4 Å². The summed E-state index contributed by atoms with van der Waals surface area (Å²) in [6.45, 7) is 1.51. The molecule has 7 aromatic rings. The zero-order valence-electron chi connectivity index (χ0n) is 36.9. The number of nitrogens with two attached hydrogens (primary N) is 2. The molecule has 0 aliphatic heterocycles. The maximum absolute atomic E-state index is 11.9. The fraction of sp³-hybridized carbons (Fsp3) is 0.154. The van der Waals surface area contributed by atoms with E-state index in [9.17, 15) is 45.1 Å². The number of thiazole rings is 1. The molecular weight excluding hydrogens is 1140 g/mol. The number of anilines is 2. The van der Waals surface area contributed by atoms with E-state index in [0.717, 1.165) is 10.3 Å². The van der Waals surface area contributed by atoms with Crippen molar-refractivity contribution in [3.8, 4) is 17.2 Å². The highest BCUT2D eigenvalue weighted by molar-refractivity contribution is 7.86. The summed E-state index contributed by atoms with van der Waals surface area (Å²) in [5.41, 5.74) is 13.5. The monoisotopic (exact) mass is 1180 g/mol. The molecule has 0 amide bonds. The molecule has 0 saturated carbocycles. The largest absolute Gasteiger partial charge is 0.507 e. The van der Waals surface area contributed by atoms with E-state index in [2.05, 4.69) is 25.4 Å². The molecule has 29 nitrogen and oxygen atoms in total. The van der Waals surface area contributed by atoms with Gasteiger partial charge in [0.05, 0.1) is 46.2 Å². The molecule has 0 unspecified atom stereocenters. The number of aliphatic hydroxyl groups is 1. The van der Waals surface area contributed by atoms with Gasteiger partial charge in [-0.3, -0.25) is 13.7 Å². The number of benzene rings is 6. The van der Waals surface area contributed by atoms with Crippen molar-refractivity contribution in [3.63, 3.8) is 0 Å². The predicted molar refractivity (Wildman–Crippen MR) is 267 cm³/mol. The first-order valence-electron chi connectivity index (χ1n) is 19.2. The number of hydrogen-bond donors (Lipinski definition) is 8. The van der Waals surface area contributed by atoms with E-state index in [0.29, 0.717) is 27.3 Å². The normalized spacial score (nSPS) is 11.2. The second kappa shape index (κ2) is 27.7. The van der Waals surface area contributed by atoms with Crippen molar-refractivity contribution in [2.75, 3.05) is 23.8 Å². The molecule has 7 rings (SSSR count). The van der Waals surface area contributed by atoms with Crippen LogP contribution in [0.1, 0.15) is 25.0 Å². The molecule has 1 aromatic heterocycles. The Morgan fingerprint density at radius 1 is 0.627 bits per heavy atom. The van der Waals surface area contributed by atoms with Gasteiger partial charge in [-0.05, 0) is 79.1 Å². The van der Waals surface area contributed by atoms with Gasteiger partial charge in [0.2, 0.25) is 5.13 Å². The van der Waals surface area contributed by atoms with Crippen LogP contribution in [0.4, 0.5) is 33.6 Å². The van der Waals surface area contributed by atoms with Crippen LogP contribution in [-0.4, -0.2) is 109 Å². The van der Waals surface area contributed by atoms with E-state index in [1.54, 1.807) is 25.1 Å². The van der Waals surface area contributed by atoms with E-state index in [-0.39, 0.29) is 82.4 Å². The molecule has 6 aromatic carbocycles. The number of aromatic hydroxyl groups is 2. The minimum absolute atomic E-state index is 0. The van der Waals surface area contributed by atoms with Gasteiger partial charge in [0, 0.05) is 27.6 Å². The zero-order chi connectivity index (χ0) is 55.9. The van der Waals surface area contributed by atoms with Gasteiger partial charge >= 0.3 is 31.8 Å².